The molecule has 0 aromatic heterocycles. The van der Waals surface area contributed by atoms with Crippen molar-refractivity contribution in [2.24, 2.45) is 0 Å². The molecule has 58 heavy (non-hydrogen) atoms. The van der Waals surface area contributed by atoms with Crippen LogP contribution < -0.4 is 14.8 Å². The largest absolute Gasteiger partial charge is 0.497 e. The molecule has 5 rings (SSSR count). The molecule has 1 N–H and O–H groups in total. The van der Waals surface area contributed by atoms with E-state index in [0.29, 0.717) is 30.7 Å². The van der Waals surface area contributed by atoms with Gasteiger partial charge in [-0.2, -0.15) is 0 Å². The number of nitrogens with one attached hydrogen (secondary N) is 1. The summed E-state index contributed by atoms with van der Waals surface area (Å²) in [7, 11) is 4.55. The molecule has 1 aliphatic heterocycles. The lowest BCUT2D eigenvalue weighted by atomic mass is 10.1. The topological polar surface area (TPSA) is 170 Å². The van der Waals surface area contributed by atoms with Crippen molar-refractivity contribution in [3.05, 3.63) is 117 Å². The number of carbonyl (C=O) groups is 4. The summed E-state index contributed by atoms with van der Waals surface area (Å²) < 4.78 is 25.1. The Morgan fingerprint density at radius 3 is 1.88 bits per heavy atom. The quantitative estimate of drug-likeness (QED) is 0.0332. The Morgan fingerprint density at radius 1 is 0.793 bits per heavy atom. The molecule has 0 spiro atoms. The van der Waals surface area contributed by atoms with Gasteiger partial charge in [-0.15, -0.1) is 23.5 Å². The molecular formula is C43H48N2O11S2. The van der Waals surface area contributed by atoms with E-state index < -0.39 is 22.1 Å². The molecule has 13 nitrogen and oxygen atoms in total. The fraction of sp³-hybridized carbons (Fsp3) is 0.349. The van der Waals surface area contributed by atoms with Crippen LogP contribution in [0.4, 0.5) is 11.4 Å². The molecule has 15 heteroatoms. The molecular weight excluding hydrogens is 785 g/mol. The van der Waals surface area contributed by atoms with Crippen LogP contribution in [0.15, 0.2) is 94.7 Å². The Labute approximate surface area is 346 Å². The third kappa shape index (κ3) is 13.3. The van der Waals surface area contributed by atoms with E-state index in [4.69, 9.17) is 23.7 Å². The molecule has 1 aliphatic rings. The molecule has 0 saturated heterocycles. The number of fused-ring (bicyclic) bond motifs is 1. The van der Waals surface area contributed by atoms with E-state index in [1.807, 2.05) is 42.5 Å². The van der Waals surface area contributed by atoms with E-state index in [1.165, 1.54) is 30.9 Å². The first kappa shape index (κ1) is 45.2. The van der Waals surface area contributed by atoms with Gasteiger partial charge in [-0.1, -0.05) is 24.3 Å². The van der Waals surface area contributed by atoms with Crippen molar-refractivity contribution >= 4 is 58.7 Å². The first-order chi connectivity index (χ1) is 28.0. The second kappa shape index (κ2) is 23.0. The van der Waals surface area contributed by atoms with Gasteiger partial charge in [-0.25, -0.2) is 9.59 Å². The molecule has 4 aromatic rings. The predicted octanol–water partition coefficient (Wildman–Crippen LogP) is 8.74. The SMILES string of the molecule is CCOC(=O)c1ccc(S[C@@H](CCCc2ccc(OC)cc2)C(=O)OC)c([N+](=O)[O-])c1.CCOC(=O)c1ccc2c(c1)NC(=O)[C@H](CCCc1ccc(OC)cc1)S2. The van der Waals surface area contributed by atoms with Crippen LogP contribution in [0.25, 0.3) is 0 Å². The molecule has 1 heterocycles. The number of ether oxygens (including phenoxy) is 5. The molecule has 2 atom stereocenters. The number of thioether (sulfide) groups is 2. The van der Waals surface area contributed by atoms with Crippen molar-refractivity contribution in [1.82, 2.24) is 0 Å². The number of rotatable bonds is 18. The van der Waals surface area contributed by atoms with E-state index >= 15 is 0 Å². The van der Waals surface area contributed by atoms with Gasteiger partial charge in [-0.05, 0) is 118 Å². The number of amides is 1. The zero-order valence-electron chi connectivity index (χ0n) is 33.1. The maximum absolute atomic E-state index is 12.4. The number of aryl methyl sites for hydroxylation is 2. The van der Waals surface area contributed by atoms with Gasteiger partial charge in [0, 0.05) is 11.0 Å². The number of nitro groups is 1. The van der Waals surface area contributed by atoms with Gasteiger partial charge in [0.15, 0.2) is 0 Å². The highest BCUT2D eigenvalue weighted by molar-refractivity contribution is 8.01. The van der Waals surface area contributed by atoms with Crippen LogP contribution in [0.3, 0.4) is 0 Å². The van der Waals surface area contributed by atoms with Gasteiger partial charge in [0.05, 0.1) is 66.4 Å². The molecule has 0 fully saturated rings. The maximum atomic E-state index is 12.4. The number of nitro benzene ring substituents is 1. The van der Waals surface area contributed by atoms with Gasteiger partial charge in [0.2, 0.25) is 5.91 Å². The number of hydrogen-bond acceptors (Lipinski definition) is 13. The second-order valence-electron chi connectivity index (χ2n) is 12.8. The lowest BCUT2D eigenvalue weighted by Crippen LogP contribution is -2.29. The molecule has 308 valence electrons. The standard InChI is InChI=1S/C22H25NO7S.C21H23NO4S/c1-4-30-21(24)16-10-13-19(18(14-16)23(26)27)31-20(22(25)29-3)7-5-6-15-8-11-17(28-2)12-9-15;1-3-26-21(24)15-9-12-18-17(13-15)22-20(23)19(27-18)6-4-5-14-7-10-16(25-2)11-8-14/h8-14,20H,4-7H2,1-3H3;7-13,19H,3-6H2,1-2H3,(H,22,23)/t20-;19-/m00/s1. The van der Waals surface area contributed by atoms with Crippen LogP contribution in [-0.4, -0.2) is 73.8 Å². The summed E-state index contributed by atoms with van der Waals surface area (Å²) in [6.07, 6.45) is 4.54. The highest BCUT2D eigenvalue weighted by Crippen LogP contribution is 2.38. The first-order valence-electron chi connectivity index (χ1n) is 18.7. The van der Waals surface area contributed by atoms with Gasteiger partial charge < -0.3 is 29.0 Å². The Balaban J connectivity index is 0.000000259. The van der Waals surface area contributed by atoms with E-state index in [0.717, 1.165) is 59.4 Å². The zero-order chi connectivity index (χ0) is 42.0. The predicted molar refractivity (Wildman–Crippen MR) is 223 cm³/mol. The first-order valence-corrected chi connectivity index (χ1v) is 20.5. The van der Waals surface area contributed by atoms with Crippen LogP contribution in [0.2, 0.25) is 0 Å². The Morgan fingerprint density at radius 2 is 1.34 bits per heavy atom. The Hall–Kier alpha value is -5.54. The average molecular weight is 833 g/mol. The molecule has 1 amide bonds. The third-order valence-electron chi connectivity index (χ3n) is 8.89. The van der Waals surface area contributed by atoms with Gasteiger partial charge in [-0.3, -0.25) is 19.7 Å². The lowest BCUT2D eigenvalue weighted by molar-refractivity contribution is -0.387. The number of carbonyl (C=O) groups excluding carboxylic acids is 4. The Bertz CT molecular complexity index is 2020. The fourth-order valence-electron chi connectivity index (χ4n) is 5.86. The van der Waals surface area contributed by atoms with Crippen molar-refractivity contribution in [3.8, 4) is 11.5 Å². The lowest BCUT2D eigenvalue weighted by Gasteiger charge is -2.24. The third-order valence-corrected chi connectivity index (χ3v) is 11.5. The summed E-state index contributed by atoms with van der Waals surface area (Å²) in [5.41, 5.74) is 3.30. The van der Waals surface area contributed by atoms with Crippen molar-refractivity contribution < 1.29 is 47.8 Å². The molecule has 0 radical (unpaired) electrons. The molecule has 0 aliphatic carbocycles. The van der Waals surface area contributed by atoms with Crippen molar-refractivity contribution in [1.29, 1.82) is 0 Å². The van der Waals surface area contributed by atoms with Gasteiger partial charge in [0.1, 0.15) is 16.7 Å². The molecule has 0 saturated carbocycles. The van der Waals surface area contributed by atoms with E-state index in [1.54, 1.807) is 52.0 Å². The number of anilines is 1. The second-order valence-corrected chi connectivity index (χ2v) is 15.3. The van der Waals surface area contributed by atoms with E-state index in [9.17, 15) is 29.3 Å². The number of benzene rings is 4. The zero-order valence-corrected chi connectivity index (χ0v) is 34.8. The normalized spacial score (nSPS) is 13.4. The highest BCUT2D eigenvalue weighted by Gasteiger charge is 2.28. The number of hydrogen-bond donors (Lipinski definition) is 1. The number of esters is 3. The van der Waals surface area contributed by atoms with Crippen LogP contribution in [0.5, 0.6) is 11.5 Å². The minimum atomic E-state index is -0.633. The molecule has 0 bridgehead atoms. The summed E-state index contributed by atoms with van der Waals surface area (Å²) in [5, 5.41) is 13.7. The van der Waals surface area contributed by atoms with Crippen LogP contribution >= 0.6 is 23.5 Å². The summed E-state index contributed by atoms with van der Waals surface area (Å²) in [6, 6.07) is 25.1. The molecule has 4 aromatic carbocycles. The van der Waals surface area contributed by atoms with E-state index in [2.05, 4.69) is 17.4 Å². The Kier molecular flexibility index (Phi) is 17.9. The summed E-state index contributed by atoms with van der Waals surface area (Å²) in [5.74, 6) is 0.143. The summed E-state index contributed by atoms with van der Waals surface area (Å²) in [6.45, 7) is 3.92. The monoisotopic (exact) mass is 832 g/mol. The minimum Gasteiger partial charge on any atom is -0.497 e. The highest BCUT2D eigenvalue weighted by atomic mass is 32.2. The van der Waals surface area contributed by atoms with Crippen LogP contribution in [0, 0.1) is 10.1 Å². The van der Waals surface area contributed by atoms with Crippen molar-refractivity contribution in [2.75, 3.05) is 39.9 Å². The number of methoxy groups -OCH3 is 3. The van der Waals surface area contributed by atoms with Crippen LogP contribution in [-0.2, 0) is 36.6 Å². The average Bonchev–Trinajstić information content (AvgIpc) is 3.23. The van der Waals surface area contributed by atoms with Gasteiger partial charge in [0.25, 0.3) is 5.69 Å². The van der Waals surface area contributed by atoms with Gasteiger partial charge >= 0.3 is 17.9 Å². The minimum absolute atomic E-state index is 0.0109. The van der Waals surface area contributed by atoms with Crippen molar-refractivity contribution in [3.63, 3.8) is 0 Å². The summed E-state index contributed by atoms with van der Waals surface area (Å²) >= 11 is 2.62. The fourth-order valence-corrected chi connectivity index (χ4v) is 8.18. The van der Waals surface area contributed by atoms with Crippen molar-refractivity contribution in [2.45, 2.75) is 72.7 Å². The maximum Gasteiger partial charge on any atom is 0.338 e. The number of nitrogens with zero attached hydrogens (tertiary/aromatic N) is 1. The molecule has 0 unspecified atom stereocenters. The van der Waals surface area contributed by atoms with E-state index in [-0.39, 0.29) is 39.9 Å². The smallest absolute Gasteiger partial charge is 0.338 e. The van der Waals surface area contributed by atoms with Crippen LogP contribution in [0.1, 0.15) is 71.4 Å². The summed E-state index contributed by atoms with van der Waals surface area (Å²) in [4.78, 5) is 60.7.